The number of nitro groups is 1. The molecule has 36 heavy (non-hydrogen) atoms. The lowest BCUT2D eigenvalue weighted by Crippen LogP contribution is -2.52. The van der Waals surface area contributed by atoms with Crippen molar-refractivity contribution in [2.24, 2.45) is 5.92 Å². The standard InChI is InChI=1S/C28H24ClN3O4/c1-16-7-12-22-21(14-16)28(27(34)30-22)25(26(33)17-8-10-19(29)11-9-17)24(23-6-3-13-31(23)28)18-4-2-5-20(15-18)32(35)36/h2,4-5,7-12,14-15,23-25H,3,6,13H2,1H3,(H,30,34)/t23?,24?,25?,28-/m1/s1. The Labute approximate surface area is 213 Å². The van der Waals surface area contributed by atoms with Crippen LogP contribution in [0, 0.1) is 23.0 Å². The molecule has 3 aromatic carbocycles. The summed E-state index contributed by atoms with van der Waals surface area (Å²) in [6.45, 7) is 2.64. The Hall–Kier alpha value is -3.55. The molecule has 182 valence electrons. The van der Waals surface area contributed by atoms with Gasteiger partial charge >= 0.3 is 0 Å². The fourth-order valence-corrected chi connectivity index (χ4v) is 6.81. The summed E-state index contributed by atoms with van der Waals surface area (Å²) in [4.78, 5) is 41.8. The first-order valence-electron chi connectivity index (χ1n) is 12.1. The summed E-state index contributed by atoms with van der Waals surface area (Å²) in [5.74, 6) is -1.54. The first-order chi connectivity index (χ1) is 17.3. The van der Waals surface area contributed by atoms with E-state index >= 15 is 0 Å². The van der Waals surface area contributed by atoms with Gasteiger partial charge in [0.1, 0.15) is 5.54 Å². The summed E-state index contributed by atoms with van der Waals surface area (Å²) in [7, 11) is 0. The second kappa shape index (κ2) is 8.25. The normalized spacial score (nSPS) is 26.6. The molecule has 0 aromatic heterocycles. The number of Topliss-reactive ketones (excluding diaryl/α,β-unsaturated/α-hetero) is 1. The molecule has 3 aromatic rings. The summed E-state index contributed by atoms with van der Waals surface area (Å²) in [6.07, 6.45) is 1.68. The SMILES string of the molecule is Cc1ccc2c(c1)[C@]1(C(=O)N2)C(C(=O)c2ccc(Cl)cc2)C(c2cccc([N+](=O)[O-])c2)C2CCCN21. The number of aryl methyl sites for hydroxylation is 1. The number of nitrogens with zero attached hydrogens (tertiary/aromatic N) is 2. The highest BCUT2D eigenvalue weighted by atomic mass is 35.5. The zero-order valence-corrected chi connectivity index (χ0v) is 20.4. The molecule has 0 radical (unpaired) electrons. The average Bonchev–Trinajstić information content (AvgIpc) is 3.52. The summed E-state index contributed by atoms with van der Waals surface area (Å²) in [5.41, 5.74) is 2.46. The van der Waals surface area contributed by atoms with Gasteiger partial charge in [0, 0.05) is 45.9 Å². The number of amides is 1. The molecule has 3 aliphatic heterocycles. The molecule has 2 fully saturated rings. The lowest BCUT2D eigenvalue weighted by atomic mass is 9.68. The van der Waals surface area contributed by atoms with Gasteiger partial charge in [-0.25, -0.2) is 0 Å². The number of nitro benzene ring substituents is 1. The largest absolute Gasteiger partial charge is 0.324 e. The fraction of sp³-hybridized carbons (Fsp3) is 0.286. The topological polar surface area (TPSA) is 92.5 Å². The van der Waals surface area contributed by atoms with Gasteiger partial charge in [0.2, 0.25) is 5.91 Å². The minimum atomic E-state index is -1.20. The highest BCUT2D eigenvalue weighted by molar-refractivity contribution is 6.30. The monoisotopic (exact) mass is 501 g/mol. The zero-order valence-electron chi connectivity index (χ0n) is 19.6. The van der Waals surface area contributed by atoms with E-state index in [4.69, 9.17) is 11.6 Å². The van der Waals surface area contributed by atoms with Gasteiger partial charge in [-0.15, -0.1) is 0 Å². The molecule has 8 heteroatoms. The third kappa shape index (κ3) is 3.16. The van der Waals surface area contributed by atoms with Crippen molar-refractivity contribution in [3.63, 3.8) is 0 Å². The highest BCUT2D eigenvalue weighted by Gasteiger charge is 2.69. The summed E-state index contributed by atoms with van der Waals surface area (Å²) < 4.78 is 0. The van der Waals surface area contributed by atoms with Gasteiger partial charge in [-0.05, 0) is 62.2 Å². The molecular weight excluding hydrogens is 478 g/mol. The predicted molar refractivity (Wildman–Crippen MR) is 136 cm³/mol. The second-order valence-corrected chi connectivity index (χ2v) is 10.3. The summed E-state index contributed by atoms with van der Waals surface area (Å²) in [6, 6.07) is 19.0. The third-order valence-corrected chi connectivity index (χ3v) is 8.29. The van der Waals surface area contributed by atoms with Gasteiger partial charge in [-0.2, -0.15) is 0 Å². The molecule has 0 bridgehead atoms. The van der Waals surface area contributed by atoms with E-state index in [1.54, 1.807) is 36.4 Å². The zero-order chi connectivity index (χ0) is 25.2. The van der Waals surface area contributed by atoms with Crippen LogP contribution in [-0.2, 0) is 10.3 Å². The Morgan fingerprint density at radius 3 is 2.67 bits per heavy atom. The first-order valence-corrected chi connectivity index (χ1v) is 12.4. The van der Waals surface area contributed by atoms with Gasteiger partial charge in [0.15, 0.2) is 5.78 Å². The van der Waals surface area contributed by atoms with E-state index < -0.39 is 22.3 Å². The van der Waals surface area contributed by atoms with E-state index in [1.807, 2.05) is 31.2 Å². The van der Waals surface area contributed by atoms with Crippen molar-refractivity contribution < 1.29 is 14.5 Å². The number of hydrogen-bond donors (Lipinski definition) is 1. The molecule has 7 nitrogen and oxygen atoms in total. The van der Waals surface area contributed by atoms with Crippen LogP contribution in [0.25, 0.3) is 0 Å². The number of hydrogen-bond acceptors (Lipinski definition) is 5. The van der Waals surface area contributed by atoms with Crippen molar-refractivity contribution in [3.8, 4) is 0 Å². The van der Waals surface area contributed by atoms with Crippen molar-refractivity contribution in [2.75, 3.05) is 11.9 Å². The Morgan fingerprint density at radius 2 is 1.92 bits per heavy atom. The Morgan fingerprint density at radius 1 is 1.14 bits per heavy atom. The van der Waals surface area contributed by atoms with E-state index in [0.717, 1.165) is 24.0 Å². The average molecular weight is 502 g/mol. The number of carbonyl (C=O) groups is 2. The molecule has 1 amide bonds. The van der Waals surface area contributed by atoms with Gasteiger partial charge < -0.3 is 5.32 Å². The smallest absolute Gasteiger partial charge is 0.269 e. The summed E-state index contributed by atoms with van der Waals surface area (Å²) in [5, 5.41) is 15.2. The molecule has 3 unspecified atom stereocenters. The van der Waals surface area contributed by atoms with Crippen LogP contribution in [0.4, 0.5) is 11.4 Å². The van der Waals surface area contributed by atoms with E-state index in [2.05, 4.69) is 10.2 Å². The summed E-state index contributed by atoms with van der Waals surface area (Å²) >= 11 is 6.11. The van der Waals surface area contributed by atoms with Crippen LogP contribution in [0.5, 0.6) is 0 Å². The van der Waals surface area contributed by atoms with Gasteiger partial charge in [-0.3, -0.25) is 24.6 Å². The Balaban J connectivity index is 1.62. The molecule has 3 aliphatic rings. The Bertz CT molecular complexity index is 1420. The van der Waals surface area contributed by atoms with Crippen LogP contribution in [0.15, 0.2) is 66.7 Å². The van der Waals surface area contributed by atoms with Crippen LogP contribution in [0.3, 0.4) is 0 Å². The van der Waals surface area contributed by atoms with Gasteiger partial charge in [-0.1, -0.05) is 41.4 Å². The lowest BCUT2D eigenvalue weighted by Gasteiger charge is -2.37. The van der Waals surface area contributed by atoms with E-state index in [0.29, 0.717) is 28.4 Å². The Kier molecular flexibility index (Phi) is 5.24. The highest BCUT2D eigenvalue weighted by Crippen LogP contribution is 2.61. The molecule has 0 aliphatic carbocycles. The van der Waals surface area contributed by atoms with E-state index in [9.17, 15) is 19.7 Å². The third-order valence-electron chi connectivity index (χ3n) is 8.03. The van der Waals surface area contributed by atoms with Crippen LogP contribution in [0.1, 0.15) is 45.8 Å². The molecule has 0 saturated carbocycles. The van der Waals surface area contributed by atoms with Crippen molar-refractivity contribution in [2.45, 2.75) is 37.3 Å². The molecule has 2 saturated heterocycles. The van der Waals surface area contributed by atoms with Gasteiger partial charge in [0.25, 0.3) is 5.69 Å². The van der Waals surface area contributed by atoms with Crippen molar-refractivity contribution in [1.29, 1.82) is 0 Å². The molecule has 1 N–H and O–H groups in total. The number of halogens is 1. The van der Waals surface area contributed by atoms with E-state index in [1.165, 1.54) is 6.07 Å². The van der Waals surface area contributed by atoms with Crippen molar-refractivity contribution >= 4 is 34.7 Å². The number of fused-ring (bicyclic) bond motifs is 4. The molecule has 3 heterocycles. The van der Waals surface area contributed by atoms with Crippen molar-refractivity contribution in [3.05, 3.63) is 104 Å². The second-order valence-electron chi connectivity index (χ2n) is 9.90. The number of nitrogens with one attached hydrogen (secondary N) is 1. The molecular formula is C28H24ClN3O4. The maximum Gasteiger partial charge on any atom is 0.269 e. The van der Waals surface area contributed by atoms with Gasteiger partial charge in [0.05, 0.1) is 10.8 Å². The number of rotatable bonds is 4. The fourth-order valence-electron chi connectivity index (χ4n) is 6.69. The van der Waals surface area contributed by atoms with Crippen LogP contribution < -0.4 is 5.32 Å². The van der Waals surface area contributed by atoms with Crippen LogP contribution in [0.2, 0.25) is 5.02 Å². The van der Waals surface area contributed by atoms with Crippen molar-refractivity contribution in [1.82, 2.24) is 4.90 Å². The number of non-ortho nitro benzene ring substituents is 1. The molecule has 4 atom stereocenters. The quantitative estimate of drug-likeness (QED) is 0.291. The number of ketones is 1. The predicted octanol–water partition coefficient (Wildman–Crippen LogP) is 5.46. The lowest BCUT2D eigenvalue weighted by molar-refractivity contribution is -0.384. The number of benzene rings is 3. The number of anilines is 1. The van der Waals surface area contributed by atoms with E-state index in [-0.39, 0.29) is 23.4 Å². The minimum Gasteiger partial charge on any atom is -0.324 e. The first kappa shape index (κ1) is 22.9. The van der Waals surface area contributed by atoms with Crippen LogP contribution >= 0.6 is 11.6 Å². The van der Waals surface area contributed by atoms with Crippen LogP contribution in [-0.4, -0.2) is 34.1 Å². The maximum atomic E-state index is 14.4. The number of carbonyl (C=O) groups excluding carboxylic acids is 2. The molecule has 6 rings (SSSR count). The maximum absolute atomic E-state index is 14.4. The minimum absolute atomic E-state index is 0.0252. The molecule has 1 spiro atoms.